The van der Waals surface area contributed by atoms with Crippen molar-refractivity contribution in [1.29, 1.82) is 0 Å². The predicted octanol–water partition coefficient (Wildman–Crippen LogP) is 1.92. The topological polar surface area (TPSA) is 50.9 Å². The molecule has 1 aromatic rings. The monoisotopic (exact) mass is 213 g/mol. The summed E-state index contributed by atoms with van der Waals surface area (Å²) in [7, 11) is 0. The maximum atomic E-state index is 5.69. The molecular weight excluding hydrogens is 194 g/mol. The van der Waals surface area contributed by atoms with Crippen LogP contribution in [-0.2, 0) is 0 Å². The molecule has 14 heavy (non-hydrogen) atoms. The van der Waals surface area contributed by atoms with Gasteiger partial charge in [-0.15, -0.1) is 11.3 Å². The van der Waals surface area contributed by atoms with E-state index in [4.69, 9.17) is 5.73 Å². The number of nitrogens with one attached hydrogen (secondary N) is 1. The van der Waals surface area contributed by atoms with E-state index in [2.05, 4.69) is 17.2 Å². The molecule has 0 saturated heterocycles. The van der Waals surface area contributed by atoms with Gasteiger partial charge in [0.05, 0.1) is 6.04 Å². The van der Waals surface area contributed by atoms with Crippen LogP contribution in [-0.4, -0.2) is 17.6 Å². The third-order valence-electron chi connectivity index (χ3n) is 2.15. The van der Waals surface area contributed by atoms with Crippen molar-refractivity contribution in [2.24, 2.45) is 5.73 Å². The highest BCUT2D eigenvalue weighted by Gasteiger charge is 2.10. The van der Waals surface area contributed by atoms with Crippen LogP contribution < -0.4 is 11.1 Å². The second-order valence-corrected chi connectivity index (χ2v) is 4.48. The zero-order chi connectivity index (χ0) is 10.4. The second kappa shape index (κ2) is 6.11. The number of nitrogens with zero attached hydrogens (tertiary/aromatic N) is 1. The average Bonchev–Trinajstić information content (AvgIpc) is 2.64. The lowest BCUT2D eigenvalue weighted by Crippen LogP contribution is -2.27. The molecule has 0 aliphatic heterocycles. The molecule has 1 aromatic heterocycles. The van der Waals surface area contributed by atoms with Crippen molar-refractivity contribution in [2.75, 3.05) is 6.54 Å². The minimum Gasteiger partial charge on any atom is -0.328 e. The van der Waals surface area contributed by atoms with Crippen LogP contribution in [0.3, 0.4) is 0 Å². The Hall–Kier alpha value is -0.450. The van der Waals surface area contributed by atoms with Crippen molar-refractivity contribution >= 4 is 11.3 Å². The largest absolute Gasteiger partial charge is 0.328 e. The van der Waals surface area contributed by atoms with Crippen LogP contribution in [0.5, 0.6) is 0 Å². The van der Waals surface area contributed by atoms with E-state index in [1.165, 1.54) is 5.01 Å². The summed E-state index contributed by atoms with van der Waals surface area (Å²) in [4.78, 5) is 4.31. The molecule has 0 radical (unpaired) electrons. The van der Waals surface area contributed by atoms with Gasteiger partial charge in [0.15, 0.2) is 0 Å². The third-order valence-corrected chi connectivity index (χ3v) is 3.04. The summed E-state index contributed by atoms with van der Waals surface area (Å²) in [6.45, 7) is 5.17. The molecule has 3 nitrogen and oxygen atoms in total. The van der Waals surface area contributed by atoms with Crippen LogP contribution in [0.25, 0.3) is 0 Å². The van der Waals surface area contributed by atoms with E-state index < -0.39 is 0 Å². The van der Waals surface area contributed by atoms with Crippen molar-refractivity contribution in [3.63, 3.8) is 0 Å². The highest BCUT2D eigenvalue weighted by molar-refractivity contribution is 7.09. The number of rotatable bonds is 6. The molecule has 0 saturated carbocycles. The van der Waals surface area contributed by atoms with Gasteiger partial charge in [0.2, 0.25) is 0 Å². The van der Waals surface area contributed by atoms with Gasteiger partial charge in [-0.25, -0.2) is 4.98 Å². The Kier molecular flexibility index (Phi) is 5.07. The molecule has 1 heterocycles. The van der Waals surface area contributed by atoms with Crippen LogP contribution in [0.1, 0.15) is 37.7 Å². The smallest absolute Gasteiger partial charge is 0.109 e. The van der Waals surface area contributed by atoms with Gasteiger partial charge < -0.3 is 11.1 Å². The first kappa shape index (κ1) is 11.6. The number of nitrogens with two attached hydrogens (primary N) is 1. The number of thiazole rings is 1. The zero-order valence-corrected chi connectivity index (χ0v) is 9.68. The number of hydrogen-bond acceptors (Lipinski definition) is 4. The Morgan fingerprint density at radius 3 is 2.93 bits per heavy atom. The summed E-state index contributed by atoms with van der Waals surface area (Å²) in [5, 5.41) is 6.67. The first-order chi connectivity index (χ1) is 6.74. The van der Waals surface area contributed by atoms with Crippen LogP contribution in [0, 0.1) is 0 Å². The molecule has 0 aliphatic rings. The van der Waals surface area contributed by atoms with E-state index in [1.54, 1.807) is 11.3 Å². The molecule has 80 valence electrons. The summed E-state index contributed by atoms with van der Waals surface area (Å²) in [5.41, 5.74) is 5.69. The van der Waals surface area contributed by atoms with E-state index in [9.17, 15) is 0 Å². The van der Waals surface area contributed by atoms with Gasteiger partial charge in [-0.2, -0.15) is 0 Å². The van der Waals surface area contributed by atoms with Crippen LogP contribution in [0.2, 0.25) is 0 Å². The molecule has 0 amide bonds. The zero-order valence-electron chi connectivity index (χ0n) is 8.86. The summed E-state index contributed by atoms with van der Waals surface area (Å²) in [6, 6.07) is 0.671. The second-order valence-electron chi connectivity index (χ2n) is 3.55. The minimum atomic E-state index is 0.274. The third kappa shape index (κ3) is 3.74. The van der Waals surface area contributed by atoms with Crippen molar-refractivity contribution < 1.29 is 0 Å². The Morgan fingerprint density at radius 2 is 2.43 bits per heavy atom. The standard InChI is InChI=1S/C10H19N3S/c1-3-9(10-13-6-7-14-10)12-5-4-8(2)11/h6-9,12H,3-5,11H2,1-2H3. The summed E-state index contributed by atoms with van der Waals surface area (Å²) in [6.07, 6.45) is 3.95. The van der Waals surface area contributed by atoms with E-state index in [1.807, 2.05) is 18.5 Å². The van der Waals surface area contributed by atoms with Gasteiger partial charge >= 0.3 is 0 Å². The fraction of sp³-hybridized carbons (Fsp3) is 0.700. The van der Waals surface area contributed by atoms with Crippen LogP contribution in [0.4, 0.5) is 0 Å². The molecule has 2 unspecified atom stereocenters. The SMILES string of the molecule is CCC(NCCC(C)N)c1nccs1. The Bertz CT molecular complexity index is 234. The molecule has 0 aromatic carbocycles. The van der Waals surface area contributed by atoms with Crippen LogP contribution in [0.15, 0.2) is 11.6 Å². The van der Waals surface area contributed by atoms with E-state index >= 15 is 0 Å². The Morgan fingerprint density at radius 1 is 1.64 bits per heavy atom. The van der Waals surface area contributed by atoms with E-state index in [-0.39, 0.29) is 6.04 Å². The van der Waals surface area contributed by atoms with E-state index in [0.717, 1.165) is 19.4 Å². The summed E-state index contributed by atoms with van der Waals surface area (Å²) < 4.78 is 0. The van der Waals surface area contributed by atoms with Gasteiger partial charge in [-0.05, 0) is 26.3 Å². The highest BCUT2D eigenvalue weighted by Crippen LogP contribution is 2.18. The lowest BCUT2D eigenvalue weighted by atomic mass is 10.2. The molecule has 3 N–H and O–H groups in total. The van der Waals surface area contributed by atoms with Gasteiger partial charge in [-0.3, -0.25) is 0 Å². The summed E-state index contributed by atoms with van der Waals surface area (Å²) in [5.74, 6) is 0. The van der Waals surface area contributed by atoms with Crippen molar-refractivity contribution in [3.8, 4) is 0 Å². The molecule has 4 heteroatoms. The molecule has 0 bridgehead atoms. The number of aromatic nitrogens is 1. The first-order valence-electron chi connectivity index (χ1n) is 5.12. The average molecular weight is 213 g/mol. The molecule has 1 rings (SSSR count). The highest BCUT2D eigenvalue weighted by atomic mass is 32.1. The molecule has 0 spiro atoms. The first-order valence-corrected chi connectivity index (χ1v) is 6.00. The quantitative estimate of drug-likeness (QED) is 0.759. The Balaban J connectivity index is 2.33. The minimum absolute atomic E-state index is 0.274. The lowest BCUT2D eigenvalue weighted by molar-refractivity contribution is 0.490. The van der Waals surface area contributed by atoms with Gasteiger partial charge in [-0.1, -0.05) is 6.92 Å². The van der Waals surface area contributed by atoms with Crippen molar-refractivity contribution in [2.45, 2.75) is 38.8 Å². The van der Waals surface area contributed by atoms with Crippen LogP contribution >= 0.6 is 11.3 Å². The molecule has 0 aliphatic carbocycles. The van der Waals surface area contributed by atoms with Crippen molar-refractivity contribution in [1.82, 2.24) is 10.3 Å². The molecule has 0 fully saturated rings. The fourth-order valence-electron chi connectivity index (χ4n) is 1.30. The lowest BCUT2D eigenvalue weighted by Gasteiger charge is -2.15. The maximum Gasteiger partial charge on any atom is 0.109 e. The predicted molar refractivity (Wildman–Crippen MR) is 61.4 cm³/mol. The summed E-state index contributed by atoms with van der Waals surface area (Å²) >= 11 is 1.71. The Labute approximate surface area is 89.7 Å². The van der Waals surface area contributed by atoms with E-state index in [0.29, 0.717) is 6.04 Å². The van der Waals surface area contributed by atoms with Gasteiger partial charge in [0, 0.05) is 17.6 Å². The van der Waals surface area contributed by atoms with Crippen molar-refractivity contribution in [3.05, 3.63) is 16.6 Å². The molecule has 2 atom stereocenters. The fourth-order valence-corrected chi connectivity index (χ4v) is 2.10. The maximum absolute atomic E-state index is 5.69. The normalized spacial score (nSPS) is 15.4. The number of hydrogen-bond donors (Lipinski definition) is 2. The molecular formula is C10H19N3S. The van der Waals surface area contributed by atoms with Gasteiger partial charge in [0.1, 0.15) is 5.01 Å². The van der Waals surface area contributed by atoms with Gasteiger partial charge in [0.25, 0.3) is 0 Å².